The minimum absolute atomic E-state index is 0.667. The maximum Gasteiger partial charge on any atom is -0.00474 e. The molecule has 0 aliphatic rings. The summed E-state index contributed by atoms with van der Waals surface area (Å²) in [6.45, 7) is 60.2. The predicted molar refractivity (Wildman–Crippen MR) is 297 cm³/mol. The summed E-state index contributed by atoms with van der Waals surface area (Å²) in [6.07, 6.45) is 20.8. The van der Waals surface area contributed by atoms with Crippen LogP contribution in [0.3, 0.4) is 0 Å². The van der Waals surface area contributed by atoms with E-state index in [4.69, 9.17) is 0 Å². The molecule has 0 saturated heterocycles. The lowest BCUT2D eigenvalue weighted by atomic mass is 9.78. The molecule has 2 rings (SSSR count). The van der Waals surface area contributed by atoms with E-state index in [1.165, 1.54) is 122 Å². The van der Waals surface area contributed by atoms with Gasteiger partial charge >= 0.3 is 0 Å². The van der Waals surface area contributed by atoms with Crippen molar-refractivity contribution in [2.75, 3.05) is 19.6 Å². The van der Waals surface area contributed by atoms with Crippen molar-refractivity contribution in [3.63, 3.8) is 0 Å². The summed E-state index contributed by atoms with van der Waals surface area (Å²) in [7, 11) is 0. The van der Waals surface area contributed by atoms with Crippen LogP contribution >= 0.6 is 0 Å². The van der Waals surface area contributed by atoms with Crippen LogP contribution in [0.2, 0.25) is 0 Å². The van der Waals surface area contributed by atoms with E-state index < -0.39 is 0 Å². The molecule has 0 heterocycles. The molecule has 0 spiro atoms. The molecule has 0 N–H and O–H groups in total. The first-order valence-electron chi connectivity index (χ1n) is 26.5. The Morgan fingerprint density at radius 1 is 0.267 bits per heavy atom. The molecule has 2 aromatic carbocycles. The summed E-state index contributed by atoms with van der Waals surface area (Å²) in [5.41, 5.74) is 0.667. The van der Waals surface area contributed by atoms with Gasteiger partial charge in [-0.2, -0.15) is 0 Å². The first-order valence-corrected chi connectivity index (χ1v) is 26.5. The Morgan fingerprint density at radius 3 is 0.417 bits per heavy atom. The van der Waals surface area contributed by atoms with E-state index in [0.717, 1.165) is 5.92 Å². The van der Waals surface area contributed by atoms with Crippen molar-refractivity contribution in [1.29, 1.82) is 0 Å². The normalized spacial score (nSPS) is 8.40. The third-order valence-corrected chi connectivity index (χ3v) is 7.91. The smallest absolute Gasteiger partial charge is 0.00474 e. The van der Waals surface area contributed by atoms with Crippen molar-refractivity contribution >= 4 is 0 Å². The summed E-state index contributed by atoms with van der Waals surface area (Å²) < 4.78 is 0. The number of nitrogens with zero attached hydrogens (tertiary/aromatic N) is 1. The van der Waals surface area contributed by atoms with Crippen LogP contribution in [0.25, 0.3) is 0 Å². The maximum absolute atomic E-state index is 2.38. The highest BCUT2D eigenvalue weighted by Crippen LogP contribution is 2.33. The molecule has 370 valence electrons. The molecule has 60 heavy (non-hydrogen) atoms. The van der Waals surface area contributed by atoms with Gasteiger partial charge < -0.3 is 4.90 Å². The van der Waals surface area contributed by atoms with Gasteiger partial charge in [-0.3, -0.25) is 0 Å². The topological polar surface area (TPSA) is 3.24 Å². The molecule has 0 bridgehead atoms. The number of benzene rings is 2. The first kappa shape index (κ1) is 85.6. The van der Waals surface area contributed by atoms with Gasteiger partial charge in [-0.05, 0) is 31.0 Å². The fourth-order valence-corrected chi connectivity index (χ4v) is 3.81. The van der Waals surface area contributed by atoms with Crippen molar-refractivity contribution < 1.29 is 0 Å². The Balaban J connectivity index is -0.0000000493. The zero-order valence-corrected chi connectivity index (χ0v) is 47.9. The molecule has 1 nitrogen and oxygen atoms in total. The maximum atomic E-state index is 2.38. The van der Waals surface area contributed by atoms with Crippen LogP contribution in [0.4, 0.5) is 0 Å². The van der Waals surface area contributed by atoms with Gasteiger partial charge in [0.1, 0.15) is 0 Å². The lowest BCUT2D eigenvalue weighted by Crippen LogP contribution is -2.21. The van der Waals surface area contributed by atoms with Crippen molar-refractivity contribution in [3.8, 4) is 0 Å². The Morgan fingerprint density at radius 2 is 0.400 bits per heavy atom. The van der Waals surface area contributed by atoms with Crippen LogP contribution < -0.4 is 0 Å². The molecule has 1 heteroatoms. The van der Waals surface area contributed by atoms with Gasteiger partial charge in [0.25, 0.3) is 0 Å². The molecule has 0 aromatic heterocycles. The number of rotatable bonds is 11. The molecule has 0 aliphatic carbocycles. The van der Waals surface area contributed by atoms with Crippen molar-refractivity contribution in [2.45, 2.75) is 283 Å². The highest BCUT2D eigenvalue weighted by atomic mass is 15.1. The van der Waals surface area contributed by atoms with Crippen LogP contribution in [-0.4, -0.2) is 24.5 Å². The fourth-order valence-electron chi connectivity index (χ4n) is 3.81. The van der Waals surface area contributed by atoms with E-state index in [0.29, 0.717) is 5.41 Å². The molecule has 0 saturated carbocycles. The quantitative estimate of drug-likeness (QED) is 0.218. The molecule has 0 amide bonds. The van der Waals surface area contributed by atoms with Crippen LogP contribution in [0.1, 0.15) is 283 Å². The van der Waals surface area contributed by atoms with Gasteiger partial charge in [-0.1, -0.05) is 356 Å². The van der Waals surface area contributed by atoms with Gasteiger partial charge in [0.15, 0.2) is 0 Å². The van der Waals surface area contributed by atoms with E-state index in [1.807, 2.05) is 72.8 Å². The summed E-state index contributed by atoms with van der Waals surface area (Å²) in [4.78, 5) is 2.38. The average molecular weight is 853 g/mol. The zero-order valence-electron chi connectivity index (χ0n) is 47.9. The molecule has 0 aliphatic heterocycles. The van der Waals surface area contributed by atoms with E-state index in [2.05, 4.69) is 185 Å². The van der Waals surface area contributed by atoms with Gasteiger partial charge in [0.2, 0.25) is 0 Å². The van der Waals surface area contributed by atoms with Crippen molar-refractivity contribution in [2.24, 2.45) is 11.3 Å². The first-order chi connectivity index (χ1) is 28.7. The largest absolute Gasteiger partial charge is 0.304 e. The van der Waals surface area contributed by atoms with Gasteiger partial charge in [0.05, 0.1) is 0 Å². The minimum Gasteiger partial charge on any atom is -0.304 e. The number of hydrogen-bond donors (Lipinski definition) is 0. The highest BCUT2D eigenvalue weighted by molar-refractivity contribution is 4.99. The minimum atomic E-state index is 0.667. The lowest BCUT2D eigenvalue weighted by Gasteiger charge is -2.28. The third-order valence-electron chi connectivity index (χ3n) is 7.91. The van der Waals surface area contributed by atoms with Gasteiger partial charge in [-0.25, -0.2) is 0 Å². The number of hydrogen-bond acceptors (Lipinski definition) is 1. The van der Waals surface area contributed by atoms with Crippen molar-refractivity contribution in [1.82, 2.24) is 4.90 Å². The van der Waals surface area contributed by atoms with Crippen LogP contribution in [0.5, 0.6) is 0 Å². The Kier molecular flexibility index (Phi) is 152. The Labute approximate surface area is 389 Å². The van der Waals surface area contributed by atoms with E-state index in [9.17, 15) is 0 Å². The molecule has 0 fully saturated rings. The SMILES string of the molecule is CCC.CCC.CCC.CCC.CCC.CCC.CCC.CCC(CC)(CC)CC.CCC(CC)CC.CCCC.CCN(CC)CC.c1ccccc1.c1ccccc1. The molecule has 0 atom stereocenters. The molecule has 0 unspecified atom stereocenters. The summed E-state index contributed by atoms with van der Waals surface area (Å²) in [5, 5.41) is 0. The van der Waals surface area contributed by atoms with Crippen LogP contribution in [0, 0.1) is 11.3 Å². The third kappa shape index (κ3) is 138. The Hall–Kier alpha value is -1.60. The lowest BCUT2D eigenvalue weighted by molar-refractivity contribution is 0.240. The highest BCUT2D eigenvalue weighted by Gasteiger charge is 2.20. The standard InChI is InChI=1S/C9H20.C7H16.C6H15N.2C6H6.C4H10.7C3H8/c1-5-9(6-2,7-3)8-4;2*1-4-7(5-2)6-3;2*1-2-4-6-5-3-1;1-3-4-2;7*1-3-2/h5-8H2,1-4H3;7H,4-6H2,1-3H3;4-6H2,1-3H3;2*1-6H;3-4H2,1-2H3;7*3H2,1-2H3. The van der Waals surface area contributed by atoms with Crippen LogP contribution in [0.15, 0.2) is 72.8 Å². The predicted octanol–water partition coefficient (Wildman–Crippen LogP) is 22.9. The summed E-state index contributed by atoms with van der Waals surface area (Å²) in [6, 6.07) is 24.0. The number of unbranched alkanes of at least 4 members (excludes halogenated alkanes) is 1. The summed E-state index contributed by atoms with van der Waals surface area (Å²) in [5.74, 6) is 0.986. The van der Waals surface area contributed by atoms with E-state index in [-0.39, 0.29) is 0 Å². The molecule has 2 aromatic rings. The van der Waals surface area contributed by atoms with Crippen LogP contribution in [-0.2, 0) is 0 Å². The molecular weight excluding hydrogens is 723 g/mol. The summed E-state index contributed by atoms with van der Waals surface area (Å²) >= 11 is 0. The monoisotopic (exact) mass is 852 g/mol. The molecule has 0 radical (unpaired) electrons. The molecular formula is C59H129N. The second-order valence-corrected chi connectivity index (χ2v) is 14.9. The Bertz CT molecular complexity index is 539. The van der Waals surface area contributed by atoms with Crippen molar-refractivity contribution in [3.05, 3.63) is 72.8 Å². The zero-order chi connectivity index (χ0) is 49.6. The van der Waals surface area contributed by atoms with E-state index >= 15 is 0 Å². The van der Waals surface area contributed by atoms with E-state index in [1.54, 1.807) is 0 Å². The van der Waals surface area contributed by atoms with Gasteiger partial charge in [0, 0.05) is 0 Å². The fraction of sp³-hybridized carbons (Fsp3) is 0.797. The second kappa shape index (κ2) is 107. The van der Waals surface area contributed by atoms with Gasteiger partial charge in [-0.15, -0.1) is 0 Å². The average Bonchev–Trinajstić information content (AvgIpc) is 3.27. The second-order valence-electron chi connectivity index (χ2n) is 14.9.